The molecule has 0 bridgehead atoms. The number of amides is 2. The van der Waals surface area contributed by atoms with Crippen LogP contribution in [0, 0.1) is 0 Å². The van der Waals surface area contributed by atoms with E-state index in [0.29, 0.717) is 13.1 Å². The second-order valence-electron chi connectivity index (χ2n) is 6.00. The minimum absolute atomic E-state index is 0.0658. The highest BCUT2D eigenvalue weighted by Crippen LogP contribution is 2.22. The molecule has 27 heavy (non-hydrogen) atoms. The maximum atomic E-state index is 12.2. The first-order chi connectivity index (χ1) is 13.0. The Balaban J connectivity index is 1.82. The second kappa shape index (κ2) is 10.9. The van der Waals surface area contributed by atoms with E-state index in [4.69, 9.17) is 11.6 Å². The van der Waals surface area contributed by atoms with Gasteiger partial charge in [-0.15, -0.1) is 17.9 Å². The molecule has 0 saturated carbocycles. The normalized spacial score (nSPS) is 10.6. The number of para-hydroxylation sites is 1. The monoisotopic (exact) mass is 405 g/mol. The van der Waals surface area contributed by atoms with Crippen molar-refractivity contribution in [3.8, 4) is 0 Å². The average molecular weight is 406 g/mol. The van der Waals surface area contributed by atoms with Crippen molar-refractivity contribution in [2.45, 2.75) is 19.9 Å². The molecule has 144 valence electrons. The number of thiophene rings is 1. The fourth-order valence-electron chi connectivity index (χ4n) is 2.61. The van der Waals surface area contributed by atoms with Gasteiger partial charge in [-0.2, -0.15) is 0 Å². The van der Waals surface area contributed by atoms with Gasteiger partial charge in [-0.25, -0.2) is 0 Å². The molecule has 2 aromatic rings. The van der Waals surface area contributed by atoms with Crippen molar-refractivity contribution in [2.75, 3.05) is 25.0 Å². The number of carbonyl (C=O) groups excluding carboxylic acids is 2. The highest BCUT2D eigenvalue weighted by molar-refractivity contribution is 7.16. The van der Waals surface area contributed by atoms with Crippen molar-refractivity contribution in [3.63, 3.8) is 0 Å². The van der Waals surface area contributed by atoms with Crippen LogP contribution in [-0.2, 0) is 22.6 Å². The van der Waals surface area contributed by atoms with Crippen LogP contribution >= 0.6 is 22.9 Å². The van der Waals surface area contributed by atoms with Gasteiger partial charge in [0, 0.05) is 23.7 Å². The minimum Gasteiger partial charge on any atom is -0.346 e. The van der Waals surface area contributed by atoms with E-state index in [0.717, 1.165) is 26.9 Å². The molecule has 7 heteroatoms. The summed E-state index contributed by atoms with van der Waals surface area (Å²) >= 11 is 7.44. The standard InChI is InChI=1S/C20H24ClN3O2S/c1-3-11-24(13-16-9-10-18(21)27-16)14-20(26)22-12-19(25)23-17-8-6-5-7-15(17)4-2/h3,5-10H,1,4,11-14H2,2H3,(H,22,26)(H,23,25). The number of carbonyl (C=O) groups is 2. The van der Waals surface area contributed by atoms with Gasteiger partial charge in [-0.1, -0.05) is 42.8 Å². The molecule has 1 aromatic carbocycles. The van der Waals surface area contributed by atoms with Gasteiger partial charge in [-0.3, -0.25) is 14.5 Å². The van der Waals surface area contributed by atoms with Crippen LogP contribution in [0.3, 0.4) is 0 Å². The maximum absolute atomic E-state index is 12.2. The number of nitrogens with one attached hydrogen (secondary N) is 2. The summed E-state index contributed by atoms with van der Waals surface area (Å²) in [6.07, 6.45) is 2.57. The summed E-state index contributed by atoms with van der Waals surface area (Å²) in [5.41, 5.74) is 1.84. The average Bonchev–Trinajstić information content (AvgIpc) is 3.05. The Hall–Kier alpha value is -2.15. The Morgan fingerprint density at radius 1 is 1.22 bits per heavy atom. The van der Waals surface area contributed by atoms with Gasteiger partial charge in [0.2, 0.25) is 11.8 Å². The molecule has 0 spiro atoms. The smallest absolute Gasteiger partial charge is 0.243 e. The summed E-state index contributed by atoms with van der Waals surface area (Å²) in [5, 5.41) is 5.51. The number of hydrogen-bond acceptors (Lipinski definition) is 4. The SMILES string of the molecule is C=CCN(CC(=O)NCC(=O)Nc1ccccc1CC)Cc1ccc(Cl)s1. The largest absolute Gasteiger partial charge is 0.346 e. The quantitative estimate of drug-likeness (QED) is 0.592. The molecule has 2 rings (SSSR count). The highest BCUT2D eigenvalue weighted by atomic mass is 35.5. The Kier molecular flexibility index (Phi) is 8.51. The van der Waals surface area contributed by atoms with Gasteiger partial charge < -0.3 is 10.6 Å². The first-order valence-electron chi connectivity index (χ1n) is 8.73. The van der Waals surface area contributed by atoms with E-state index < -0.39 is 0 Å². The lowest BCUT2D eigenvalue weighted by Crippen LogP contribution is -2.40. The molecule has 5 nitrogen and oxygen atoms in total. The number of hydrogen-bond donors (Lipinski definition) is 2. The fraction of sp³-hybridized carbons (Fsp3) is 0.300. The molecule has 0 aliphatic rings. The molecule has 0 aliphatic carbocycles. The van der Waals surface area contributed by atoms with E-state index in [-0.39, 0.29) is 24.9 Å². The molecule has 0 saturated heterocycles. The van der Waals surface area contributed by atoms with Gasteiger partial charge in [0.25, 0.3) is 0 Å². The Labute approximate surface area is 169 Å². The summed E-state index contributed by atoms with van der Waals surface area (Å²) in [7, 11) is 0. The van der Waals surface area contributed by atoms with Gasteiger partial charge in [0.15, 0.2) is 0 Å². The molecule has 2 amide bonds. The predicted molar refractivity (Wildman–Crippen MR) is 112 cm³/mol. The molecule has 2 N–H and O–H groups in total. The molecule has 0 atom stereocenters. The lowest BCUT2D eigenvalue weighted by atomic mass is 10.1. The summed E-state index contributed by atoms with van der Waals surface area (Å²) in [4.78, 5) is 27.3. The van der Waals surface area contributed by atoms with Crippen molar-refractivity contribution >= 4 is 40.4 Å². The third-order valence-electron chi connectivity index (χ3n) is 3.88. The Morgan fingerprint density at radius 3 is 2.67 bits per heavy atom. The van der Waals surface area contributed by atoms with Crippen molar-refractivity contribution in [3.05, 3.63) is 63.8 Å². The van der Waals surface area contributed by atoms with Crippen molar-refractivity contribution in [1.29, 1.82) is 0 Å². The van der Waals surface area contributed by atoms with Crippen LogP contribution in [0.15, 0.2) is 49.1 Å². The van der Waals surface area contributed by atoms with E-state index in [1.54, 1.807) is 6.08 Å². The Bertz CT molecular complexity index is 791. The van der Waals surface area contributed by atoms with Crippen LogP contribution in [0.4, 0.5) is 5.69 Å². The van der Waals surface area contributed by atoms with Gasteiger partial charge in [0.05, 0.1) is 17.4 Å². The van der Waals surface area contributed by atoms with Crippen LogP contribution in [0.1, 0.15) is 17.4 Å². The third kappa shape index (κ3) is 7.17. The number of halogens is 1. The van der Waals surface area contributed by atoms with E-state index >= 15 is 0 Å². The maximum Gasteiger partial charge on any atom is 0.243 e. The van der Waals surface area contributed by atoms with Crippen LogP contribution in [0.2, 0.25) is 4.34 Å². The molecular weight excluding hydrogens is 382 g/mol. The van der Waals surface area contributed by atoms with E-state index in [9.17, 15) is 9.59 Å². The lowest BCUT2D eigenvalue weighted by Gasteiger charge is -2.19. The fourth-order valence-corrected chi connectivity index (χ4v) is 3.74. The first kappa shape index (κ1) is 21.2. The zero-order valence-corrected chi connectivity index (χ0v) is 16.9. The summed E-state index contributed by atoms with van der Waals surface area (Å²) < 4.78 is 0.719. The number of nitrogens with zero attached hydrogens (tertiary/aromatic N) is 1. The zero-order chi connectivity index (χ0) is 19.6. The predicted octanol–water partition coefficient (Wildman–Crippen LogP) is 3.71. The zero-order valence-electron chi connectivity index (χ0n) is 15.3. The number of benzene rings is 1. The number of anilines is 1. The summed E-state index contributed by atoms with van der Waals surface area (Å²) in [5.74, 6) is -0.456. The molecule has 1 heterocycles. The van der Waals surface area contributed by atoms with E-state index in [1.807, 2.05) is 48.2 Å². The van der Waals surface area contributed by atoms with E-state index in [2.05, 4.69) is 17.2 Å². The highest BCUT2D eigenvalue weighted by Gasteiger charge is 2.13. The second-order valence-corrected chi connectivity index (χ2v) is 7.80. The topological polar surface area (TPSA) is 61.4 Å². The van der Waals surface area contributed by atoms with Crippen LogP contribution in [0.25, 0.3) is 0 Å². The van der Waals surface area contributed by atoms with Crippen molar-refractivity contribution in [2.24, 2.45) is 0 Å². The molecule has 0 aliphatic heterocycles. The van der Waals surface area contributed by atoms with Crippen LogP contribution < -0.4 is 10.6 Å². The van der Waals surface area contributed by atoms with Crippen molar-refractivity contribution < 1.29 is 9.59 Å². The van der Waals surface area contributed by atoms with E-state index in [1.165, 1.54) is 11.3 Å². The van der Waals surface area contributed by atoms with Crippen LogP contribution in [-0.4, -0.2) is 36.3 Å². The lowest BCUT2D eigenvalue weighted by molar-refractivity contribution is -0.125. The van der Waals surface area contributed by atoms with Crippen molar-refractivity contribution in [1.82, 2.24) is 10.2 Å². The molecule has 0 unspecified atom stereocenters. The Morgan fingerprint density at radius 2 is 2.00 bits per heavy atom. The van der Waals surface area contributed by atoms with Crippen LogP contribution in [0.5, 0.6) is 0 Å². The summed E-state index contributed by atoms with van der Waals surface area (Å²) in [6, 6.07) is 11.4. The first-order valence-corrected chi connectivity index (χ1v) is 9.93. The molecule has 0 fully saturated rings. The number of aryl methyl sites for hydroxylation is 1. The van der Waals surface area contributed by atoms with Gasteiger partial charge in [-0.05, 0) is 30.2 Å². The van der Waals surface area contributed by atoms with Gasteiger partial charge >= 0.3 is 0 Å². The number of rotatable bonds is 10. The molecular formula is C20H24ClN3O2S. The third-order valence-corrected chi connectivity index (χ3v) is 5.10. The molecule has 1 aromatic heterocycles. The summed E-state index contributed by atoms with van der Waals surface area (Å²) in [6.45, 7) is 7.05. The minimum atomic E-state index is -0.246. The molecule has 0 radical (unpaired) electrons. The van der Waals surface area contributed by atoms with Gasteiger partial charge in [0.1, 0.15) is 0 Å².